The van der Waals surface area contributed by atoms with E-state index in [4.69, 9.17) is 0 Å². The molecule has 112 valence electrons. The summed E-state index contributed by atoms with van der Waals surface area (Å²) in [6.07, 6.45) is 0.648. The van der Waals surface area contributed by atoms with Gasteiger partial charge in [-0.3, -0.25) is 0 Å². The maximum absolute atomic E-state index is 11.1. The van der Waals surface area contributed by atoms with Gasteiger partial charge in [0, 0.05) is 6.42 Å². The number of aryl methyl sites for hydroxylation is 5. The lowest BCUT2D eigenvalue weighted by Gasteiger charge is -2.28. The molecular weight excluding hydrogens is 256 g/mol. The Morgan fingerprint density at radius 1 is 0.810 bits per heavy atom. The summed E-state index contributed by atoms with van der Waals surface area (Å²) in [4.78, 5) is 0. The Balaban J connectivity index is 2.44. The Morgan fingerprint density at radius 2 is 1.38 bits per heavy atom. The minimum absolute atomic E-state index is 0.648. The number of rotatable bonds is 3. The van der Waals surface area contributed by atoms with Gasteiger partial charge in [-0.1, -0.05) is 41.5 Å². The third-order valence-electron chi connectivity index (χ3n) is 4.33. The summed E-state index contributed by atoms with van der Waals surface area (Å²) >= 11 is 0. The summed E-state index contributed by atoms with van der Waals surface area (Å²) < 4.78 is 0. The van der Waals surface area contributed by atoms with E-state index in [-0.39, 0.29) is 0 Å². The molecular formula is C20H26O. The minimum atomic E-state index is -0.846. The zero-order valence-electron chi connectivity index (χ0n) is 14.0. The summed E-state index contributed by atoms with van der Waals surface area (Å²) in [5.74, 6) is 0. The first kappa shape index (κ1) is 15.8. The highest BCUT2D eigenvalue weighted by Gasteiger charge is 2.27. The van der Waals surface area contributed by atoms with Crippen LogP contribution in [0.5, 0.6) is 0 Å². The van der Waals surface area contributed by atoms with Crippen molar-refractivity contribution in [3.8, 4) is 0 Å². The fourth-order valence-corrected chi connectivity index (χ4v) is 3.24. The molecule has 0 radical (unpaired) electrons. The normalized spacial score (nSPS) is 14.0. The molecule has 2 rings (SSSR count). The third-order valence-corrected chi connectivity index (χ3v) is 4.33. The first-order valence-corrected chi connectivity index (χ1v) is 7.57. The smallest absolute Gasteiger partial charge is 0.0911 e. The lowest BCUT2D eigenvalue weighted by atomic mass is 9.83. The summed E-state index contributed by atoms with van der Waals surface area (Å²) in [7, 11) is 0. The van der Waals surface area contributed by atoms with Crippen molar-refractivity contribution < 1.29 is 5.11 Å². The number of benzene rings is 2. The summed E-state index contributed by atoms with van der Waals surface area (Å²) in [5, 5.41) is 11.1. The van der Waals surface area contributed by atoms with Gasteiger partial charge >= 0.3 is 0 Å². The molecule has 0 fully saturated rings. The van der Waals surface area contributed by atoms with Crippen LogP contribution < -0.4 is 0 Å². The van der Waals surface area contributed by atoms with Crippen LogP contribution in [0.3, 0.4) is 0 Å². The molecule has 0 aromatic heterocycles. The zero-order valence-corrected chi connectivity index (χ0v) is 14.0. The maximum Gasteiger partial charge on any atom is 0.0911 e. The second-order valence-corrected chi connectivity index (χ2v) is 6.65. The van der Waals surface area contributed by atoms with Gasteiger partial charge in [-0.05, 0) is 69.4 Å². The van der Waals surface area contributed by atoms with Gasteiger partial charge in [-0.2, -0.15) is 0 Å². The Hall–Kier alpha value is -1.60. The van der Waals surface area contributed by atoms with Crippen LogP contribution in [0.2, 0.25) is 0 Å². The third kappa shape index (κ3) is 3.36. The molecule has 1 nitrogen and oxygen atoms in total. The van der Waals surface area contributed by atoms with Gasteiger partial charge in [0.2, 0.25) is 0 Å². The molecule has 0 saturated heterocycles. The van der Waals surface area contributed by atoms with Crippen molar-refractivity contribution in [3.05, 3.63) is 69.3 Å². The quantitative estimate of drug-likeness (QED) is 0.866. The predicted octanol–water partition coefficient (Wildman–Crippen LogP) is 4.68. The van der Waals surface area contributed by atoms with Crippen LogP contribution in [0.25, 0.3) is 0 Å². The Bertz CT molecular complexity index is 643. The summed E-state index contributed by atoms with van der Waals surface area (Å²) in [5.41, 5.74) is 7.58. The minimum Gasteiger partial charge on any atom is -0.385 e. The molecule has 0 aliphatic rings. The first-order chi connectivity index (χ1) is 9.70. The fourth-order valence-electron chi connectivity index (χ4n) is 3.24. The second-order valence-electron chi connectivity index (χ2n) is 6.65. The van der Waals surface area contributed by atoms with E-state index < -0.39 is 5.60 Å². The van der Waals surface area contributed by atoms with Crippen molar-refractivity contribution >= 4 is 0 Å². The molecule has 0 amide bonds. The topological polar surface area (TPSA) is 20.2 Å². The van der Waals surface area contributed by atoms with Crippen molar-refractivity contribution in [2.75, 3.05) is 0 Å². The Labute approximate surface area is 128 Å². The second kappa shape index (κ2) is 5.65. The van der Waals surface area contributed by atoms with E-state index in [2.05, 4.69) is 65.0 Å². The van der Waals surface area contributed by atoms with Gasteiger partial charge in [-0.25, -0.2) is 0 Å². The van der Waals surface area contributed by atoms with Gasteiger partial charge in [-0.15, -0.1) is 0 Å². The van der Waals surface area contributed by atoms with E-state index in [1.807, 2.05) is 6.92 Å². The lowest BCUT2D eigenvalue weighted by molar-refractivity contribution is 0.0566. The van der Waals surface area contributed by atoms with E-state index in [1.165, 1.54) is 27.8 Å². The highest BCUT2D eigenvalue weighted by atomic mass is 16.3. The van der Waals surface area contributed by atoms with E-state index in [1.54, 1.807) is 0 Å². The SMILES string of the molecule is Cc1cc(C)c(CC(C)(O)c2cc(C)ccc2C)c(C)c1. The average Bonchev–Trinajstić information content (AvgIpc) is 2.36. The van der Waals surface area contributed by atoms with Crippen molar-refractivity contribution in [3.63, 3.8) is 0 Å². The van der Waals surface area contributed by atoms with E-state index in [0.29, 0.717) is 6.42 Å². The van der Waals surface area contributed by atoms with Crippen LogP contribution in [0.1, 0.15) is 45.9 Å². The predicted molar refractivity (Wildman–Crippen MR) is 89.8 cm³/mol. The molecule has 0 bridgehead atoms. The summed E-state index contributed by atoms with van der Waals surface area (Å²) in [6.45, 7) is 12.4. The Kier molecular flexibility index (Phi) is 4.25. The molecule has 0 spiro atoms. The molecule has 1 atom stereocenters. The van der Waals surface area contributed by atoms with Gasteiger partial charge in [0.1, 0.15) is 0 Å². The number of aliphatic hydroxyl groups is 1. The molecule has 0 heterocycles. The molecule has 0 saturated carbocycles. The van der Waals surface area contributed by atoms with Crippen molar-refractivity contribution in [1.29, 1.82) is 0 Å². The highest BCUT2D eigenvalue weighted by molar-refractivity contribution is 5.41. The largest absolute Gasteiger partial charge is 0.385 e. The van der Waals surface area contributed by atoms with Crippen molar-refractivity contribution in [2.24, 2.45) is 0 Å². The molecule has 2 aromatic rings. The van der Waals surface area contributed by atoms with Crippen LogP contribution in [0.15, 0.2) is 30.3 Å². The highest BCUT2D eigenvalue weighted by Crippen LogP contribution is 2.31. The molecule has 1 heteroatoms. The monoisotopic (exact) mass is 282 g/mol. The maximum atomic E-state index is 11.1. The van der Waals surface area contributed by atoms with E-state index in [0.717, 1.165) is 11.1 Å². The van der Waals surface area contributed by atoms with Crippen LogP contribution in [0, 0.1) is 34.6 Å². The first-order valence-electron chi connectivity index (χ1n) is 7.57. The van der Waals surface area contributed by atoms with Crippen molar-refractivity contribution in [1.82, 2.24) is 0 Å². The molecule has 21 heavy (non-hydrogen) atoms. The van der Waals surface area contributed by atoms with Crippen molar-refractivity contribution in [2.45, 2.75) is 53.6 Å². The van der Waals surface area contributed by atoms with Crippen LogP contribution in [-0.2, 0) is 12.0 Å². The fraction of sp³-hybridized carbons (Fsp3) is 0.400. The van der Waals surface area contributed by atoms with Crippen LogP contribution in [-0.4, -0.2) is 5.11 Å². The van der Waals surface area contributed by atoms with E-state index >= 15 is 0 Å². The van der Waals surface area contributed by atoms with Gasteiger partial charge in [0.05, 0.1) is 5.60 Å². The standard InChI is InChI=1S/C20H26O/c1-13-7-8-15(3)19(11-13)20(6,21)12-18-16(4)9-14(2)10-17(18)5/h7-11,21H,12H2,1-6H3. The molecule has 1 N–H and O–H groups in total. The average molecular weight is 282 g/mol. The van der Waals surface area contributed by atoms with Gasteiger partial charge in [0.25, 0.3) is 0 Å². The number of hydrogen-bond acceptors (Lipinski definition) is 1. The molecule has 0 aliphatic heterocycles. The van der Waals surface area contributed by atoms with Gasteiger partial charge in [0.15, 0.2) is 0 Å². The Morgan fingerprint density at radius 3 is 1.95 bits per heavy atom. The number of hydrogen-bond donors (Lipinski definition) is 1. The zero-order chi connectivity index (χ0) is 15.8. The van der Waals surface area contributed by atoms with Gasteiger partial charge < -0.3 is 5.11 Å². The van der Waals surface area contributed by atoms with Crippen LogP contribution in [0.4, 0.5) is 0 Å². The van der Waals surface area contributed by atoms with E-state index in [9.17, 15) is 5.11 Å². The summed E-state index contributed by atoms with van der Waals surface area (Å²) in [6, 6.07) is 10.7. The molecule has 0 aliphatic carbocycles. The lowest BCUT2D eigenvalue weighted by Crippen LogP contribution is -2.26. The molecule has 1 unspecified atom stereocenters. The van der Waals surface area contributed by atoms with Crippen LogP contribution >= 0.6 is 0 Å². The molecule has 2 aromatic carbocycles.